The number of nitrogens with one attached hydrogen (secondary N) is 1. The lowest BCUT2D eigenvalue weighted by Crippen LogP contribution is -2.45. The zero-order valence-electron chi connectivity index (χ0n) is 15.4. The largest absolute Gasteiger partial charge is 0.466 e. The highest BCUT2D eigenvalue weighted by atomic mass is 16.5. The van der Waals surface area contributed by atoms with E-state index in [1.807, 2.05) is 44.2 Å². The summed E-state index contributed by atoms with van der Waals surface area (Å²) in [5.74, 6) is 2.45. The monoisotopic (exact) mass is 366 g/mol. The van der Waals surface area contributed by atoms with Gasteiger partial charge >= 0.3 is 0 Å². The van der Waals surface area contributed by atoms with Crippen LogP contribution < -0.4 is 10.2 Å². The summed E-state index contributed by atoms with van der Waals surface area (Å²) in [6.45, 7) is 5.19. The molecule has 0 aliphatic carbocycles. The Morgan fingerprint density at radius 1 is 1.19 bits per heavy atom. The first-order chi connectivity index (χ1) is 13.1. The Kier molecular flexibility index (Phi) is 4.66. The molecule has 1 fully saturated rings. The van der Waals surface area contributed by atoms with Crippen LogP contribution in [0.5, 0.6) is 0 Å². The molecule has 27 heavy (non-hydrogen) atoms. The van der Waals surface area contributed by atoms with Crippen LogP contribution in [-0.2, 0) is 0 Å². The Labute approximate surface area is 157 Å². The molecule has 1 aliphatic heterocycles. The van der Waals surface area contributed by atoms with E-state index < -0.39 is 0 Å². The Hall–Kier alpha value is -3.09. The van der Waals surface area contributed by atoms with Crippen molar-refractivity contribution in [2.75, 3.05) is 18.0 Å². The molecule has 0 bridgehead atoms. The number of piperidine rings is 1. The number of rotatable bonds is 4. The highest BCUT2D eigenvalue weighted by molar-refractivity contribution is 5.95. The van der Waals surface area contributed by atoms with Crippen molar-refractivity contribution in [3.63, 3.8) is 0 Å². The zero-order chi connectivity index (χ0) is 18.8. The molecule has 1 aromatic carbocycles. The summed E-state index contributed by atoms with van der Waals surface area (Å²) in [6.07, 6.45) is 1.66. The molecule has 1 N–H and O–H groups in total. The van der Waals surface area contributed by atoms with Gasteiger partial charge in [-0.1, -0.05) is 18.2 Å². The van der Waals surface area contributed by atoms with Crippen molar-refractivity contribution in [3.8, 4) is 11.5 Å². The number of hydrogen-bond donors (Lipinski definition) is 1. The lowest BCUT2D eigenvalue weighted by Gasteiger charge is -2.31. The number of nitrogens with zero attached hydrogens (tertiary/aromatic N) is 3. The fraction of sp³-hybridized carbons (Fsp3) is 0.350. The van der Waals surface area contributed by atoms with Crippen LogP contribution in [0.2, 0.25) is 0 Å². The summed E-state index contributed by atoms with van der Waals surface area (Å²) in [4.78, 5) is 19.0. The van der Waals surface area contributed by atoms with E-state index in [1.165, 1.54) is 0 Å². The van der Waals surface area contributed by atoms with E-state index in [1.54, 1.807) is 6.07 Å². The molecule has 3 heterocycles. The van der Waals surface area contributed by atoms with Crippen molar-refractivity contribution in [1.82, 2.24) is 15.5 Å². The zero-order valence-corrected chi connectivity index (χ0v) is 15.4. The van der Waals surface area contributed by atoms with Gasteiger partial charge in [-0.25, -0.2) is 0 Å². The van der Waals surface area contributed by atoms with Crippen molar-refractivity contribution < 1.29 is 13.7 Å². The van der Waals surface area contributed by atoms with Gasteiger partial charge in [0.15, 0.2) is 0 Å². The van der Waals surface area contributed by atoms with E-state index >= 15 is 0 Å². The predicted molar refractivity (Wildman–Crippen MR) is 101 cm³/mol. The lowest BCUT2D eigenvalue weighted by atomic mass is 10.0. The van der Waals surface area contributed by atoms with Crippen molar-refractivity contribution in [2.24, 2.45) is 0 Å². The number of anilines is 1. The second kappa shape index (κ2) is 7.26. The number of benzene rings is 1. The third-order valence-corrected chi connectivity index (χ3v) is 4.83. The molecule has 0 radical (unpaired) electrons. The maximum Gasteiger partial charge on any atom is 0.266 e. The van der Waals surface area contributed by atoms with Crippen molar-refractivity contribution in [2.45, 2.75) is 32.7 Å². The maximum atomic E-state index is 12.4. The molecule has 3 aromatic rings. The van der Waals surface area contributed by atoms with Gasteiger partial charge in [0.05, 0.1) is 5.56 Å². The third-order valence-electron chi connectivity index (χ3n) is 4.83. The molecule has 0 unspecified atom stereocenters. The minimum absolute atomic E-state index is 0.0753. The summed E-state index contributed by atoms with van der Waals surface area (Å²) in [5, 5.41) is 7.21. The molecular formula is C20H22N4O3. The van der Waals surface area contributed by atoms with Crippen LogP contribution in [0.3, 0.4) is 0 Å². The van der Waals surface area contributed by atoms with E-state index in [0.29, 0.717) is 23.2 Å². The lowest BCUT2D eigenvalue weighted by molar-refractivity contribution is 0.0929. The van der Waals surface area contributed by atoms with Crippen LogP contribution in [0.15, 0.2) is 45.3 Å². The minimum atomic E-state index is -0.0753. The van der Waals surface area contributed by atoms with Crippen molar-refractivity contribution in [1.29, 1.82) is 0 Å². The topological polar surface area (TPSA) is 84.4 Å². The van der Waals surface area contributed by atoms with Crippen LogP contribution in [-0.4, -0.2) is 35.2 Å². The van der Waals surface area contributed by atoms with Crippen LogP contribution >= 0.6 is 0 Å². The van der Waals surface area contributed by atoms with Crippen LogP contribution in [0.25, 0.3) is 11.5 Å². The Balaban J connectivity index is 1.35. The highest BCUT2D eigenvalue weighted by Crippen LogP contribution is 2.22. The Morgan fingerprint density at radius 3 is 2.59 bits per heavy atom. The Morgan fingerprint density at radius 2 is 1.93 bits per heavy atom. The fourth-order valence-corrected chi connectivity index (χ4v) is 3.39. The van der Waals surface area contributed by atoms with Gasteiger partial charge in [-0.05, 0) is 50.0 Å². The van der Waals surface area contributed by atoms with E-state index in [0.717, 1.165) is 37.3 Å². The number of aryl methyl sites for hydroxylation is 2. The first-order valence-corrected chi connectivity index (χ1v) is 9.12. The predicted octanol–water partition coefficient (Wildman–Crippen LogP) is 3.35. The molecule has 0 saturated carbocycles. The fourth-order valence-electron chi connectivity index (χ4n) is 3.39. The van der Waals surface area contributed by atoms with Crippen LogP contribution in [0, 0.1) is 13.8 Å². The van der Waals surface area contributed by atoms with E-state index in [9.17, 15) is 4.79 Å². The summed E-state index contributed by atoms with van der Waals surface area (Å²) < 4.78 is 10.8. The van der Waals surface area contributed by atoms with Gasteiger partial charge in [-0.15, -0.1) is 0 Å². The first-order valence-electron chi connectivity index (χ1n) is 9.12. The normalized spacial score (nSPS) is 15.1. The van der Waals surface area contributed by atoms with E-state index in [-0.39, 0.29) is 11.9 Å². The third kappa shape index (κ3) is 3.72. The van der Waals surface area contributed by atoms with Gasteiger partial charge < -0.3 is 19.2 Å². The molecule has 4 rings (SSSR count). The standard InChI is InChI=1S/C20H22N4O3/c1-13-12-17(14(2)26-13)18(25)21-16-8-10-24(11-9-16)20-22-19(27-23-20)15-6-4-3-5-7-15/h3-7,12,16H,8-11H2,1-2H3,(H,21,25). The van der Waals surface area contributed by atoms with E-state index in [2.05, 4.69) is 20.4 Å². The van der Waals surface area contributed by atoms with Crippen LogP contribution in [0.1, 0.15) is 34.7 Å². The smallest absolute Gasteiger partial charge is 0.266 e. The van der Waals surface area contributed by atoms with Gasteiger partial charge in [0.25, 0.3) is 17.7 Å². The average molecular weight is 366 g/mol. The second-order valence-electron chi connectivity index (χ2n) is 6.83. The average Bonchev–Trinajstić information content (AvgIpc) is 3.30. The Bertz CT molecular complexity index is 924. The molecule has 1 amide bonds. The minimum Gasteiger partial charge on any atom is -0.466 e. The number of amides is 1. The van der Waals surface area contributed by atoms with Gasteiger partial charge in [0, 0.05) is 24.7 Å². The van der Waals surface area contributed by atoms with Gasteiger partial charge in [-0.3, -0.25) is 4.79 Å². The summed E-state index contributed by atoms with van der Waals surface area (Å²) in [5.41, 5.74) is 1.52. The van der Waals surface area contributed by atoms with Crippen LogP contribution in [0.4, 0.5) is 5.95 Å². The molecule has 0 atom stereocenters. The quantitative estimate of drug-likeness (QED) is 0.762. The molecule has 7 heteroatoms. The number of aromatic nitrogens is 2. The molecule has 2 aromatic heterocycles. The summed E-state index contributed by atoms with van der Waals surface area (Å²) in [6, 6.07) is 11.6. The molecule has 0 spiro atoms. The molecular weight excluding hydrogens is 344 g/mol. The number of carbonyl (C=O) groups is 1. The molecule has 7 nitrogen and oxygen atoms in total. The van der Waals surface area contributed by atoms with Crippen molar-refractivity contribution in [3.05, 3.63) is 53.5 Å². The SMILES string of the molecule is Cc1cc(C(=O)NC2CCN(c3noc(-c4ccccc4)n3)CC2)c(C)o1. The second-order valence-corrected chi connectivity index (χ2v) is 6.83. The number of hydrogen-bond acceptors (Lipinski definition) is 6. The summed E-state index contributed by atoms with van der Waals surface area (Å²) in [7, 11) is 0. The maximum absolute atomic E-state index is 12.4. The van der Waals surface area contributed by atoms with Gasteiger partial charge in [0.1, 0.15) is 11.5 Å². The molecule has 1 saturated heterocycles. The summed E-state index contributed by atoms with van der Waals surface area (Å²) >= 11 is 0. The van der Waals surface area contributed by atoms with E-state index in [4.69, 9.17) is 8.94 Å². The number of furan rings is 1. The highest BCUT2D eigenvalue weighted by Gasteiger charge is 2.25. The first kappa shape index (κ1) is 17.3. The molecule has 1 aliphatic rings. The number of carbonyl (C=O) groups excluding carboxylic acids is 1. The van der Waals surface area contributed by atoms with Gasteiger partial charge in [-0.2, -0.15) is 4.98 Å². The van der Waals surface area contributed by atoms with Gasteiger partial charge in [0.2, 0.25) is 0 Å². The van der Waals surface area contributed by atoms with Crippen molar-refractivity contribution >= 4 is 11.9 Å². The molecule has 140 valence electrons.